The van der Waals surface area contributed by atoms with Crippen LogP contribution in [0.15, 0.2) is 54.9 Å². The molecule has 1 amide bonds. The molecule has 3 aromatic rings. The highest BCUT2D eigenvalue weighted by molar-refractivity contribution is 5.77. The van der Waals surface area contributed by atoms with E-state index in [2.05, 4.69) is 14.5 Å². The lowest BCUT2D eigenvalue weighted by Gasteiger charge is -2.33. The van der Waals surface area contributed by atoms with Gasteiger partial charge in [0, 0.05) is 52.2 Å². The van der Waals surface area contributed by atoms with E-state index in [-0.39, 0.29) is 25.7 Å². The first-order valence-corrected chi connectivity index (χ1v) is 14.0. The fourth-order valence-electron chi connectivity index (χ4n) is 5.00. The first kappa shape index (κ1) is 30.4. The molecule has 4 rings (SSSR count). The van der Waals surface area contributed by atoms with Crippen LogP contribution in [-0.4, -0.2) is 96.2 Å². The van der Waals surface area contributed by atoms with E-state index in [1.54, 1.807) is 18.2 Å². The van der Waals surface area contributed by atoms with Crippen LogP contribution in [0, 0.1) is 13.8 Å². The minimum Gasteiger partial charge on any atom is -0.493 e. The number of aliphatic hydroxyl groups is 1. The molecular weight excluding hydrogens is 524 g/mol. The molecule has 0 saturated carbocycles. The summed E-state index contributed by atoms with van der Waals surface area (Å²) in [6.07, 6.45) is 4.60. The molecule has 10 heteroatoms. The molecule has 0 aliphatic carbocycles. The average molecular weight is 567 g/mol. The number of amides is 1. The molecule has 41 heavy (non-hydrogen) atoms. The number of benzene rings is 2. The molecule has 1 fully saturated rings. The van der Waals surface area contributed by atoms with Gasteiger partial charge in [0.1, 0.15) is 30.4 Å². The van der Waals surface area contributed by atoms with E-state index in [4.69, 9.17) is 18.9 Å². The van der Waals surface area contributed by atoms with Gasteiger partial charge in [-0.25, -0.2) is 4.98 Å². The molecule has 222 valence electrons. The smallest absolute Gasteiger partial charge is 0.248 e. The van der Waals surface area contributed by atoms with Gasteiger partial charge >= 0.3 is 0 Å². The normalized spacial score (nSPS) is 17.7. The minimum atomic E-state index is -1.28. The zero-order chi connectivity index (χ0) is 29.2. The fraction of sp³-hybridized carbons (Fsp3) is 0.484. The molecule has 0 radical (unpaired) electrons. The van der Waals surface area contributed by atoms with Crippen molar-refractivity contribution >= 4 is 5.91 Å². The monoisotopic (exact) mass is 566 g/mol. The molecule has 1 N–H and O–H groups in total. The molecule has 1 aliphatic heterocycles. The third kappa shape index (κ3) is 8.69. The Morgan fingerprint density at radius 3 is 2.54 bits per heavy atom. The lowest BCUT2D eigenvalue weighted by atomic mass is 10.0. The average Bonchev–Trinajstić information content (AvgIpc) is 3.29. The predicted molar refractivity (Wildman–Crippen MR) is 155 cm³/mol. The minimum absolute atomic E-state index is 0.0332. The van der Waals surface area contributed by atoms with Crippen molar-refractivity contribution in [2.75, 3.05) is 60.2 Å². The summed E-state index contributed by atoms with van der Waals surface area (Å²) in [7, 11) is 3.13. The third-order valence-electron chi connectivity index (χ3n) is 7.20. The van der Waals surface area contributed by atoms with Gasteiger partial charge < -0.3 is 33.5 Å². The van der Waals surface area contributed by atoms with Crippen molar-refractivity contribution in [1.29, 1.82) is 0 Å². The number of imidazole rings is 1. The molecule has 1 saturated heterocycles. The highest BCUT2D eigenvalue weighted by Gasteiger charge is 2.37. The van der Waals surface area contributed by atoms with Crippen LogP contribution in [0.2, 0.25) is 0 Å². The largest absolute Gasteiger partial charge is 0.493 e. The third-order valence-corrected chi connectivity index (χ3v) is 7.20. The van der Waals surface area contributed by atoms with Crippen LogP contribution < -0.4 is 14.2 Å². The lowest BCUT2D eigenvalue weighted by molar-refractivity contribution is -0.138. The van der Waals surface area contributed by atoms with Crippen LogP contribution in [0.25, 0.3) is 0 Å². The molecule has 2 heterocycles. The van der Waals surface area contributed by atoms with Crippen LogP contribution in [0.5, 0.6) is 17.2 Å². The first-order valence-electron chi connectivity index (χ1n) is 14.0. The summed E-state index contributed by atoms with van der Waals surface area (Å²) in [5.41, 5.74) is 0.871. The second-order valence-electron chi connectivity index (χ2n) is 10.6. The van der Waals surface area contributed by atoms with E-state index >= 15 is 0 Å². The Morgan fingerprint density at radius 2 is 1.83 bits per heavy atom. The molecule has 1 aromatic heterocycles. The summed E-state index contributed by atoms with van der Waals surface area (Å²) in [6, 6.07) is 13.6. The quantitative estimate of drug-likeness (QED) is 0.315. The number of carbonyl (C=O) groups excluding carboxylic acids is 1. The van der Waals surface area contributed by atoms with Gasteiger partial charge in [0.25, 0.3) is 0 Å². The number of carbonyl (C=O) groups is 1. The van der Waals surface area contributed by atoms with Gasteiger partial charge in [-0.15, -0.1) is 0 Å². The van der Waals surface area contributed by atoms with E-state index in [0.717, 1.165) is 29.9 Å². The Morgan fingerprint density at radius 1 is 1.02 bits per heavy atom. The number of hydrogen-bond donors (Lipinski definition) is 1. The van der Waals surface area contributed by atoms with Crippen LogP contribution in [0.3, 0.4) is 0 Å². The highest BCUT2D eigenvalue weighted by atomic mass is 16.5. The molecule has 1 atom stereocenters. The van der Waals surface area contributed by atoms with E-state index in [0.29, 0.717) is 50.0 Å². The predicted octanol–water partition coefficient (Wildman–Crippen LogP) is 3.08. The first-order chi connectivity index (χ1) is 19.8. The SMILES string of the molecule is COCC(=O)N1CCN(Cc2ccc(OC)c(OCCCn3ccnc3C)c2)C[C@](O)(COc2ccc(C)cc2)C1. The summed E-state index contributed by atoms with van der Waals surface area (Å²) in [5, 5.41) is 11.7. The number of β-amino-alcohol motifs (C(OH)–C–C–N with tert-alkyl or cyclic N) is 1. The summed E-state index contributed by atoms with van der Waals surface area (Å²) in [4.78, 5) is 20.8. The van der Waals surface area contributed by atoms with E-state index in [1.807, 2.05) is 62.5 Å². The lowest BCUT2D eigenvalue weighted by Crippen LogP contribution is -2.52. The summed E-state index contributed by atoms with van der Waals surface area (Å²) < 4.78 is 24.8. The Balaban J connectivity index is 1.43. The van der Waals surface area contributed by atoms with Crippen molar-refractivity contribution in [2.24, 2.45) is 0 Å². The zero-order valence-corrected chi connectivity index (χ0v) is 24.5. The number of aromatic nitrogens is 2. The number of ether oxygens (including phenoxy) is 4. The number of methoxy groups -OCH3 is 2. The van der Waals surface area contributed by atoms with Gasteiger partial charge in [-0.3, -0.25) is 9.69 Å². The van der Waals surface area contributed by atoms with Crippen molar-refractivity contribution in [3.63, 3.8) is 0 Å². The molecular formula is C31H42N4O6. The van der Waals surface area contributed by atoms with Crippen molar-refractivity contribution in [1.82, 2.24) is 19.4 Å². The molecule has 1 aliphatic rings. The molecule has 10 nitrogen and oxygen atoms in total. The summed E-state index contributed by atoms with van der Waals surface area (Å²) in [5.74, 6) is 2.84. The van der Waals surface area contributed by atoms with Gasteiger partial charge in [0.15, 0.2) is 11.5 Å². The zero-order valence-electron chi connectivity index (χ0n) is 24.5. The maximum absolute atomic E-state index is 12.7. The van der Waals surface area contributed by atoms with Crippen LogP contribution in [0.1, 0.15) is 23.4 Å². The highest BCUT2D eigenvalue weighted by Crippen LogP contribution is 2.29. The van der Waals surface area contributed by atoms with Crippen LogP contribution in [-0.2, 0) is 22.6 Å². The van der Waals surface area contributed by atoms with E-state index in [9.17, 15) is 9.90 Å². The van der Waals surface area contributed by atoms with Gasteiger partial charge in [0.05, 0.1) is 20.3 Å². The van der Waals surface area contributed by atoms with E-state index < -0.39 is 5.60 Å². The Labute approximate surface area is 242 Å². The summed E-state index contributed by atoms with van der Waals surface area (Å²) >= 11 is 0. The number of hydrogen-bond acceptors (Lipinski definition) is 8. The van der Waals surface area contributed by atoms with Crippen molar-refractivity contribution < 1.29 is 28.8 Å². The second-order valence-corrected chi connectivity index (χ2v) is 10.6. The molecule has 0 bridgehead atoms. The van der Waals surface area contributed by atoms with Crippen LogP contribution in [0.4, 0.5) is 0 Å². The topological polar surface area (TPSA) is 98.5 Å². The van der Waals surface area contributed by atoms with Gasteiger partial charge in [-0.1, -0.05) is 23.8 Å². The van der Waals surface area contributed by atoms with E-state index in [1.165, 1.54) is 7.11 Å². The van der Waals surface area contributed by atoms with Gasteiger partial charge in [0.2, 0.25) is 5.91 Å². The molecule has 0 spiro atoms. The van der Waals surface area contributed by atoms with Gasteiger partial charge in [-0.2, -0.15) is 0 Å². The Kier molecular flexibility index (Phi) is 10.6. The summed E-state index contributed by atoms with van der Waals surface area (Å²) in [6.45, 7) is 7.50. The maximum Gasteiger partial charge on any atom is 0.248 e. The fourth-order valence-corrected chi connectivity index (χ4v) is 5.00. The molecule has 0 unspecified atom stereocenters. The second kappa shape index (κ2) is 14.3. The van der Waals surface area contributed by atoms with Crippen molar-refractivity contribution in [3.8, 4) is 17.2 Å². The number of nitrogens with zero attached hydrogens (tertiary/aromatic N) is 4. The number of rotatable bonds is 13. The van der Waals surface area contributed by atoms with Crippen LogP contribution >= 0.6 is 0 Å². The van der Waals surface area contributed by atoms with Gasteiger partial charge in [-0.05, 0) is 50.1 Å². The molecule has 2 aromatic carbocycles. The van der Waals surface area contributed by atoms with Crippen molar-refractivity contribution in [3.05, 3.63) is 71.8 Å². The number of aryl methyl sites for hydroxylation is 3. The standard InChI is InChI=1S/C31H42N4O6/c1-24-6-9-27(10-7-24)41-23-31(37)21-33(15-16-35(22-31)30(36)20-38-3)19-26-8-11-28(39-4)29(18-26)40-17-5-13-34-14-12-32-25(34)2/h6-12,14,18,37H,5,13,15-17,19-23H2,1-4H3/t31-/m1/s1. The Hall–Kier alpha value is -3.60. The Bertz CT molecular complexity index is 1260. The van der Waals surface area contributed by atoms with Crippen molar-refractivity contribution in [2.45, 2.75) is 39.0 Å². The maximum atomic E-state index is 12.7.